The van der Waals surface area contributed by atoms with Crippen molar-refractivity contribution in [2.24, 2.45) is 0 Å². The van der Waals surface area contributed by atoms with Crippen LogP contribution in [0.25, 0.3) is 0 Å². The minimum atomic E-state index is -4.17. The van der Waals surface area contributed by atoms with Crippen molar-refractivity contribution in [3.8, 4) is 0 Å². The molecule has 0 aliphatic rings. The minimum Gasteiger partial charge on any atom is -0.372 e. The lowest BCUT2D eigenvalue weighted by Crippen LogP contribution is -2.17. The van der Waals surface area contributed by atoms with Gasteiger partial charge in [0.1, 0.15) is 6.61 Å². The van der Waals surface area contributed by atoms with Crippen molar-refractivity contribution in [2.45, 2.75) is 39.8 Å². The average molecular weight is 186 g/mol. The summed E-state index contributed by atoms with van der Waals surface area (Å²) in [6.45, 7) is 4.99. The number of hydrogen-bond acceptors (Lipinski definition) is 1. The Labute approximate surface area is 71.9 Å². The van der Waals surface area contributed by atoms with E-state index in [1.165, 1.54) is 0 Å². The zero-order valence-corrected chi connectivity index (χ0v) is 7.87. The molecule has 0 unspecified atom stereocenters. The molecule has 12 heavy (non-hydrogen) atoms. The highest BCUT2D eigenvalue weighted by molar-refractivity contribution is 4.44. The Morgan fingerprint density at radius 3 is 2.00 bits per heavy atom. The van der Waals surface area contributed by atoms with Crippen LogP contribution in [0.5, 0.6) is 0 Å². The number of hydrogen-bond donors (Lipinski definition) is 0. The summed E-state index contributed by atoms with van der Waals surface area (Å²) in [4.78, 5) is 0. The Kier molecular flexibility index (Phi) is 10.5. The van der Waals surface area contributed by atoms with Crippen LogP contribution in [0.4, 0.5) is 13.2 Å². The van der Waals surface area contributed by atoms with Crippen LogP contribution in [0, 0.1) is 0 Å². The van der Waals surface area contributed by atoms with E-state index in [-0.39, 0.29) is 6.61 Å². The molecule has 0 aliphatic heterocycles. The van der Waals surface area contributed by atoms with E-state index < -0.39 is 12.8 Å². The second kappa shape index (κ2) is 8.84. The molecule has 0 saturated carbocycles. The summed E-state index contributed by atoms with van der Waals surface area (Å²) in [6, 6.07) is 0. The predicted molar refractivity (Wildman–Crippen MR) is 43.1 cm³/mol. The van der Waals surface area contributed by atoms with Crippen molar-refractivity contribution in [1.29, 1.82) is 0 Å². The van der Waals surface area contributed by atoms with Crippen LogP contribution in [-0.2, 0) is 4.74 Å². The lowest BCUT2D eigenvalue weighted by molar-refractivity contribution is -0.174. The third kappa shape index (κ3) is 16.4. The SMILES string of the molecule is CC.CCCCOCC(F)(F)F. The third-order valence-electron chi connectivity index (χ3n) is 0.908. The lowest BCUT2D eigenvalue weighted by atomic mass is 10.4. The van der Waals surface area contributed by atoms with Crippen LogP contribution in [0.15, 0.2) is 0 Å². The maximum absolute atomic E-state index is 11.4. The van der Waals surface area contributed by atoms with Crippen molar-refractivity contribution in [3.63, 3.8) is 0 Å². The van der Waals surface area contributed by atoms with E-state index in [4.69, 9.17) is 0 Å². The highest BCUT2D eigenvalue weighted by Crippen LogP contribution is 2.14. The molecule has 0 heterocycles. The molecule has 76 valence electrons. The van der Waals surface area contributed by atoms with Crippen molar-refractivity contribution >= 4 is 0 Å². The number of alkyl halides is 3. The van der Waals surface area contributed by atoms with E-state index in [1.54, 1.807) is 0 Å². The van der Waals surface area contributed by atoms with Gasteiger partial charge in [-0.2, -0.15) is 13.2 Å². The maximum atomic E-state index is 11.4. The summed E-state index contributed by atoms with van der Waals surface area (Å²) < 4.78 is 38.4. The molecule has 0 aromatic carbocycles. The first-order chi connectivity index (χ1) is 5.56. The van der Waals surface area contributed by atoms with E-state index in [2.05, 4.69) is 4.74 Å². The van der Waals surface area contributed by atoms with Crippen LogP contribution >= 0.6 is 0 Å². The standard InChI is InChI=1S/C6H11F3O.C2H6/c1-2-3-4-10-5-6(7,8)9;1-2/h2-5H2,1H3;1-2H3. The zero-order valence-electron chi connectivity index (χ0n) is 7.87. The third-order valence-corrected chi connectivity index (χ3v) is 0.908. The molecule has 1 nitrogen and oxygen atoms in total. The van der Waals surface area contributed by atoms with E-state index in [0.29, 0.717) is 6.42 Å². The van der Waals surface area contributed by atoms with Gasteiger partial charge in [-0.25, -0.2) is 0 Å². The Balaban J connectivity index is 0. The molecule has 0 bridgehead atoms. The first kappa shape index (κ1) is 14.3. The fourth-order valence-corrected chi connectivity index (χ4v) is 0.434. The summed E-state index contributed by atoms with van der Waals surface area (Å²) in [5, 5.41) is 0. The van der Waals surface area contributed by atoms with Gasteiger partial charge in [0.25, 0.3) is 0 Å². The molecule has 0 aromatic rings. The molecule has 0 rings (SSSR count). The van der Waals surface area contributed by atoms with Crippen molar-refractivity contribution < 1.29 is 17.9 Å². The molecule has 0 atom stereocenters. The first-order valence-corrected chi connectivity index (χ1v) is 4.20. The topological polar surface area (TPSA) is 9.23 Å². The second-order valence-electron chi connectivity index (χ2n) is 2.02. The van der Waals surface area contributed by atoms with Gasteiger partial charge in [0, 0.05) is 6.61 Å². The largest absolute Gasteiger partial charge is 0.411 e. The van der Waals surface area contributed by atoms with E-state index in [9.17, 15) is 13.2 Å². The fourth-order valence-electron chi connectivity index (χ4n) is 0.434. The quantitative estimate of drug-likeness (QED) is 0.611. The van der Waals surface area contributed by atoms with Gasteiger partial charge in [-0.1, -0.05) is 27.2 Å². The van der Waals surface area contributed by atoms with E-state index in [0.717, 1.165) is 6.42 Å². The Morgan fingerprint density at radius 2 is 1.67 bits per heavy atom. The van der Waals surface area contributed by atoms with E-state index in [1.807, 2.05) is 20.8 Å². The minimum absolute atomic E-state index is 0.204. The normalized spacial score (nSPS) is 10.5. The molecule has 0 saturated heterocycles. The van der Waals surface area contributed by atoms with Crippen LogP contribution in [0.1, 0.15) is 33.6 Å². The predicted octanol–water partition coefficient (Wildman–Crippen LogP) is 3.39. The number of unbranched alkanes of at least 4 members (excludes halogenated alkanes) is 1. The smallest absolute Gasteiger partial charge is 0.372 e. The van der Waals surface area contributed by atoms with Crippen molar-refractivity contribution in [2.75, 3.05) is 13.2 Å². The first-order valence-electron chi connectivity index (χ1n) is 4.20. The van der Waals surface area contributed by atoms with Crippen molar-refractivity contribution in [3.05, 3.63) is 0 Å². The maximum Gasteiger partial charge on any atom is 0.411 e. The Hall–Kier alpha value is -0.250. The summed E-state index contributed by atoms with van der Waals surface area (Å²) in [5.74, 6) is 0. The average Bonchev–Trinajstić information content (AvgIpc) is 2.01. The molecular formula is C8H17F3O. The van der Waals surface area contributed by atoms with Crippen LogP contribution in [0.2, 0.25) is 0 Å². The molecule has 0 fully saturated rings. The highest BCUT2D eigenvalue weighted by Gasteiger charge is 2.26. The second-order valence-corrected chi connectivity index (χ2v) is 2.02. The molecule has 0 amide bonds. The van der Waals surface area contributed by atoms with Gasteiger partial charge in [0.15, 0.2) is 0 Å². The molecule has 4 heteroatoms. The summed E-state index contributed by atoms with van der Waals surface area (Å²) in [5.41, 5.74) is 0. The Morgan fingerprint density at radius 1 is 1.17 bits per heavy atom. The van der Waals surface area contributed by atoms with Gasteiger partial charge < -0.3 is 4.74 Å². The van der Waals surface area contributed by atoms with Crippen LogP contribution in [-0.4, -0.2) is 19.4 Å². The molecule has 0 spiro atoms. The molecule has 0 aromatic heterocycles. The summed E-state index contributed by atoms with van der Waals surface area (Å²) in [6.07, 6.45) is -2.62. The molecule has 0 aliphatic carbocycles. The summed E-state index contributed by atoms with van der Waals surface area (Å²) >= 11 is 0. The summed E-state index contributed by atoms with van der Waals surface area (Å²) in [7, 11) is 0. The van der Waals surface area contributed by atoms with Crippen LogP contribution in [0.3, 0.4) is 0 Å². The molecule has 0 radical (unpaired) electrons. The number of rotatable bonds is 4. The zero-order chi connectivity index (χ0) is 10.0. The highest BCUT2D eigenvalue weighted by atomic mass is 19.4. The number of ether oxygens (including phenoxy) is 1. The van der Waals surface area contributed by atoms with Gasteiger partial charge >= 0.3 is 6.18 Å². The van der Waals surface area contributed by atoms with Crippen molar-refractivity contribution in [1.82, 2.24) is 0 Å². The van der Waals surface area contributed by atoms with Crippen LogP contribution < -0.4 is 0 Å². The molecule has 0 N–H and O–H groups in total. The number of halogens is 3. The van der Waals surface area contributed by atoms with Gasteiger partial charge in [-0.15, -0.1) is 0 Å². The fraction of sp³-hybridized carbons (Fsp3) is 1.00. The van der Waals surface area contributed by atoms with Gasteiger partial charge in [0.05, 0.1) is 0 Å². The lowest BCUT2D eigenvalue weighted by Gasteiger charge is -2.05. The van der Waals surface area contributed by atoms with Gasteiger partial charge in [-0.05, 0) is 6.42 Å². The molecular weight excluding hydrogens is 169 g/mol. The monoisotopic (exact) mass is 186 g/mol. The van der Waals surface area contributed by atoms with Gasteiger partial charge in [0.2, 0.25) is 0 Å². The van der Waals surface area contributed by atoms with Gasteiger partial charge in [-0.3, -0.25) is 0 Å². The Bertz CT molecular complexity index is 80.9. The van der Waals surface area contributed by atoms with E-state index >= 15 is 0 Å².